The van der Waals surface area contributed by atoms with E-state index in [1.807, 2.05) is 11.8 Å². The van der Waals surface area contributed by atoms with Crippen molar-refractivity contribution in [2.45, 2.75) is 69.6 Å². The van der Waals surface area contributed by atoms with Gasteiger partial charge < -0.3 is 15.0 Å². The minimum Gasteiger partial charge on any atom is -0.373 e. The number of nitrogens with one attached hydrogen (secondary N) is 1. The van der Waals surface area contributed by atoms with Crippen LogP contribution in [-0.4, -0.2) is 62.4 Å². The molecule has 0 radical (unpaired) electrons. The minimum absolute atomic E-state index is 0.0605. The number of carbonyl (C=O) groups is 2. The van der Waals surface area contributed by atoms with Gasteiger partial charge in [-0.2, -0.15) is 5.10 Å². The Morgan fingerprint density at radius 3 is 2.68 bits per heavy atom. The molecule has 2 heterocycles. The summed E-state index contributed by atoms with van der Waals surface area (Å²) >= 11 is 0. The third-order valence-corrected chi connectivity index (χ3v) is 6.22. The van der Waals surface area contributed by atoms with Gasteiger partial charge in [0.25, 0.3) is 0 Å². The average Bonchev–Trinajstić information content (AvgIpc) is 3.43. The molecule has 1 unspecified atom stereocenters. The summed E-state index contributed by atoms with van der Waals surface area (Å²) in [5.74, 6) is 0.926. The van der Waals surface area contributed by atoms with Crippen molar-refractivity contribution in [2.75, 3.05) is 19.7 Å². The van der Waals surface area contributed by atoms with E-state index < -0.39 is 0 Å². The van der Waals surface area contributed by atoms with Crippen molar-refractivity contribution in [1.82, 2.24) is 24.6 Å². The Hall–Kier alpha value is -2.16. The Labute approximate surface area is 164 Å². The highest BCUT2D eigenvalue weighted by molar-refractivity contribution is 5.78. The summed E-state index contributed by atoms with van der Waals surface area (Å²) in [6, 6.07) is 0. The molecule has 1 aromatic heterocycles. The van der Waals surface area contributed by atoms with E-state index in [9.17, 15) is 14.4 Å². The second-order valence-corrected chi connectivity index (χ2v) is 8.30. The molecule has 154 valence electrons. The first-order valence-electron chi connectivity index (χ1n) is 10.3. The van der Waals surface area contributed by atoms with Gasteiger partial charge in [-0.15, -0.1) is 0 Å². The van der Waals surface area contributed by atoms with E-state index in [1.165, 1.54) is 4.68 Å². The van der Waals surface area contributed by atoms with Crippen LogP contribution in [0.2, 0.25) is 0 Å². The molecule has 1 saturated heterocycles. The lowest BCUT2D eigenvalue weighted by molar-refractivity contribution is -0.173. The van der Waals surface area contributed by atoms with Crippen molar-refractivity contribution in [2.24, 2.45) is 7.05 Å². The molecule has 9 nitrogen and oxygen atoms in total. The first-order valence-corrected chi connectivity index (χ1v) is 10.3. The zero-order valence-corrected chi connectivity index (χ0v) is 16.6. The van der Waals surface area contributed by atoms with Gasteiger partial charge in [-0.05, 0) is 39.0 Å². The summed E-state index contributed by atoms with van der Waals surface area (Å²) < 4.78 is 8.77. The van der Waals surface area contributed by atoms with Crippen LogP contribution in [0.15, 0.2) is 4.79 Å². The van der Waals surface area contributed by atoms with Crippen molar-refractivity contribution >= 4 is 11.8 Å². The van der Waals surface area contributed by atoms with Crippen LogP contribution in [0.4, 0.5) is 0 Å². The van der Waals surface area contributed by atoms with Crippen molar-refractivity contribution in [3.63, 3.8) is 0 Å². The van der Waals surface area contributed by atoms with Crippen LogP contribution in [0.5, 0.6) is 0 Å². The lowest BCUT2D eigenvalue weighted by atomic mass is 9.74. The van der Waals surface area contributed by atoms with Crippen LogP contribution in [0.3, 0.4) is 0 Å². The third-order valence-electron chi connectivity index (χ3n) is 6.22. The molecule has 1 spiro atoms. The van der Waals surface area contributed by atoms with Gasteiger partial charge in [-0.25, -0.2) is 9.48 Å². The number of nitrogens with zero attached hydrogens (tertiary/aromatic N) is 4. The molecule has 1 aliphatic heterocycles. The number of aromatic nitrogens is 3. The quantitative estimate of drug-likeness (QED) is 0.744. The lowest BCUT2D eigenvalue weighted by Crippen LogP contribution is -2.65. The number of amides is 2. The Morgan fingerprint density at radius 2 is 2.07 bits per heavy atom. The predicted octanol–water partition coefficient (Wildman–Crippen LogP) is 0.136. The standard InChI is InChI=1S/C19H29N5O4/c1-3-20-15(25)9-14-10-23(19(12-28-14)7-4-8-19)16(26)11-24-18(27)22(2)17(21-24)13-5-6-13/h13-14H,3-12H2,1-2H3,(H,20,25). The van der Waals surface area contributed by atoms with Gasteiger partial charge in [0.05, 0.1) is 24.7 Å². The lowest BCUT2D eigenvalue weighted by Gasteiger charge is -2.54. The zero-order valence-electron chi connectivity index (χ0n) is 16.6. The Bertz CT molecular complexity index is 821. The second-order valence-electron chi connectivity index (χ2n) is 8.30. The van der Waals surface area contributed by atoms with E-state index in [1.54, 1.807) is 11.6 Å². The Balaban J connectivity index is 1.48. The summed E-state index contributed by atoms with van der Waals surface area (Å²) in [6.07, 6.45) is 4.88. The van der Waals surface area contributed by atoms with Crippen LogP contribution in [0.1, 0.15) is 57.2 Å². The van der Waals surface area contributed by atoms with Crippen molar-refractivity contribution < 1.29 is 14.3 Å². The molecule has 4 rings (SSSR count). The number of morpholine rings is 1. The number of ether oxygens (including phenoxy) is 1. The van der Waals surface area contributed by atoms with E-state index in [0.717, 1.165) is 37.9 Å². The fourth-order valence-electron chi connectivity index (χ4n) is 4.28. The number of rotatable bonds is 6. The molecule has 2 aliphatic carbocycles. The monoisotopic (exact) mass is 391 g/mol. The molecule has 2 saturated carbocycles. The summed E-state index contributed by atoms with van der Waals surface area (Å²) in [6.45, 7) is 3.22. The highest BCUT2D eigenvalue weighted by Crippen LogP contribution is 2.41. The van der Waals surface area contributed by atoms with E-state index in [0.29, 0.717) is 25.6 Å². The van der Waals surface area contributed by atoms with Gasteiger partial charge in [-0.1, -0.05) is 0 Å². The maximum absolute atomic E-state index is 13.2. The van der Waals surface area contributed by atoms with Gasteiger partial charge in [-0.3, -0.25) is 14.2 Å². The SMILES string of the molecule is CCNC(=O)CC1CN(C(=O)Cn2nc(C3CC3)n(C)c2=O)C2(CCC2)CO1. The van der Waals surface area contributed by atoms with Crippen molar-refractivity contribution in [1.29, 1.82) is 0 Å². The topological polar surface area (TPSA) is 98.5 Å². The molecule has 1 N–H and O–H groups in total. The average molecular weight is 391 g/mol. The van der Waals surface area contributed by atoms with E-state index in [4.69, 9.17) is 4.74 Å². The zero-order chi connectivity index (χ0) is 19.9. The highest BCUT2D eigenvalue weighted by atomic mass is 16.5. The van der Waals surface area contributed by atoms with Crippen molar-refractivity contribution in [3.8, 4) is 0 Å². The number of hydrogen-bond donors (Lipinski definition) is 1. The third kappa shape index (κ3) is 3.47. The molecule has 1 aromatic rings. The normalized spacial score (nSPS) is 23.5. The van der Waals surface area contributed by atoms with E-state index in [-0.39, 0.29) is 42.1 Å². The molecule has 1 atom stereocenters. The Morgan fingerprint density at radius 1 is 1.32 bits per heavy atom. The summed E-state index contributed by atoms with van der Waals surface area (Å²) in [4.78, 5) is 39.4. The first-order chi connectivity index (χ1) is 13.4. The van der Waals surface area contributed by atoms with Crippen LogP contribution >= 0.6 is 0 Å². The summed E-state index contributed by atoms with van der Waals surface area (Å²) in [5.41, 5.74) is -0.531. The van der Waals surface area contributed by atoms with Gasteiger partial charge in [0, 0.05) is 26.1 Å². The maximum Gasteiger partial charge on any atom is 0.346 e. The number of hydrogen-bond acceptors (Lipinski definition) is 5. The highest BCUT2D eigenvalue weighted by Gasteiger charge is 2.49. The predicted molar refractivity (Wildman–Crippen MR) is 101 cm³/mol. The second kappa shape index (κ2) is 7.35. The molecule has 3 fully saturated rings. The smallest absolute Gasteiger partial charge is 0.346 e. The van der Waals surface area contributed by atoms with Crippen LogP contribution in [-0.2, 0) is 27.9 Å². The van der Waals surface area contributed by atoms with Gasteiger partial charge in [0.1, 0.15) is 12.4 Å². The molecular weight excluding hydrogens is 362 g/mol. The minimum atomic E-state index is -0.316. The fourth-order valence-corrected chi connectivity index (χ4v) is 4.28. The van der Waals surface area contributed by atoms with Gasteiger partial charge in [0.15, 0.2) is 0 Å². The Kier molecular flexibility index (Phi) is 5.03. The van der Waals surface area contributed by atoms with Crippen molar-refractivity contribution in [3.05, 3.63) is 16.3 Å². The van der Waals surface area contributed by atoms with Gasteiger partial charge in [0.2, 0.25) is 11.8 Å². The maximum atomic E-state index is 13.2. The van der Waals surface area contributed by atoms with E-state index >= 15 is 0 Å². The number of carbonyl (C=O) groups excluding carboxylic acids is 2. The molecule has 0 bridgehead atoms. The molecular formula is C19H29N5O4. The fraction of sp³-hybridized carbons (Fsp3) is 0.789. The van der Waals surface area contributed by atoms with E-state index in [2.05, 4.69) is 10.4 Å². The molecule has 0 aromatic carbocycles. The van der Waals surface area contributed by atoms with Gasteiger partial charge >= 0.3 is 5.69 Å². The first kappa shape index (κ1) is 19.2. The molecule has 3 aliphatic rings. The molecule has 9 heteroatoms. The van der Waals surface area contributed by atoms with Crippen LogP contribution in [0.25, 0.3) is 0 Å². The summed E-state index contributed by atoms with van der Waals surface area (Å²) in [5, 5.41) is 7.19. The summed E-state index contributed by atoms with van der Waals surface area (Å²) in [7, 11) is 1.72. The van der Waals surface area contributed by atoms with Crippen LogP contribution in [0, 0.1) is 0 Å². The largest absolute Gasteiger partial charge is 0.373 e. The molecule has 2 amide bonds. The molecule has 28 heavy (non-hydrogen) atoms. The van der Waals surface area contributed by atoms with Crippen LogP contribution < -0.4 is 11.0 Å².